The summed E-state index contributed by atoms with van der Waals surface area (Å²) in [5.74, 6) is 5.93. The van der Waals surface area contributed by atoms with E-state index in [1.54, 1.807) is 0 Å². The smallest absolute Gasteiger partial charge is 0.120 e. The molecule has 606 valence electrons. The summed E-state index contributed by atoms with van der Waals surface area (Å²) >= 11 is 24.0. The molecule has 114 heavy (non-hydrogen) atoms. The molecule has 0 saturated heterocycles. The van der Waals surface area contributed by atoms with Gasteiger partial charge in [-0.1, -0.05) is 157 Å². The first-order chi connectivity index (χ1) is 56.2. The van der Waals surface area contributed by atoms with Crippen molar-refractivity contribution in [1.29, 1.82) is 0 Å². The van der Waals surface area contributed by atoms with Crippen molar-refractivity contribution in [2.75, 3.05) is 34.5 Å². The van der Waals surface area contributed by atoms with Crippen LogP contribution in [-0.4, -0.2) is 64.4 Å². The van der Waals surface area contributed by atoms with E-state index in [0.29, 0.717) is 0 Å². The van der Waals surface area contributed by atoms with Crippen molar-refractivity contribution in [3.63, 3.8) is 0 Å². The molecule has 6 nitrogen and oxygen atoms in total. The number of nitrogens with zero attached hydrogens (tertiary/aromatic N) is 6. The number of hydrogen-bond acceptors (Lipinski definition) is 18. The Morgan fingerprint density at radius 2 is 0.325 bits per heavy atom. The van der Waals surface area contributed by atoms with Crippen LogP contribution >= 0.6 is 139 Å². The van der Waals surface area contributed by atoms with E-state index in [-0.39, 0.29) is 0 Å². The summed E-state index contributed by atoms with van der Waals surface area (Å²) in [5, 5.41) is 0. The average Bonchev–Trinajstić information content (AvgIpc) is 1.67. The number of aryl methyl sites for hydroxylation is 12. The number of hydrogen-bond donors (Lipinski definition) is 0. The molecule has 0 spiro atoms. The summed E-state index contributed by atoms with van der Waals surface area (Å²) < 4.78 is 0. The van der Waals surface area contributed by atoms with E-state index in [4.69, 9.17) is 29.9 Å². The first kappa shape index (κ1) is 87.8. The Balaban J connectivity index is 0.902. The molecule has 13 rings (SSSR count). The lowest BCUT2D eigenvalue weighted by Crippen LogP contribution is -2.00. The number of unbranched alkanes of at least 4 members (excludes halogenated alkanes) is 18. The summed E-state index contributed by atoms with van der Waals surface area (Å²) in [5.41, 5.74) is 9.62. The van der Waals surface area contributed by atoms with E-state index in [1.807, 2.05) is 139 Å². The summed E-state index contributed by atoms with van der Waals surface area (Å²) in [6.07, 6.45) is 44.4. The topological polar surface area (TPSA) is 77.3 Å². The molecule has 0 fully saturated rings. The summed E-state index contributed by atoms with van der Waals surface area (Å²) in [6, 6.07) is 42.8. The Hall–Kier alpha value is -4.02. The van der Waals surface area contributed by atoms with Crippen LogP contribution in [0.1, 0.15) is 254 Å². The molecule has 0 aliphatic carbocycles. The van der Waals surface area contributed by atoms with Gasteiger partial charge in [-0.2, -0.15) is 0 Å². The van der Waals surface area contributed by atoms with Gasteiger partial charge in [-0.15, -0.1) is 139 Å². The lowest BCUT2D eigenvalue weighted by Gasteiger charge is -2.15. The predicted octanol–water partition coefficient (Wildman–Crippen LogP) is 32.1. The highest BCUT2D eigenvalue weighted by molar-refractivity contribution is 8.03. The third-order valence-electron chi connectivity index (χ3n) is 21.5. The maximum Gasteiger partial charge on any atom is 0.120 e. The maximum atomic E-state index is 5.82. The van der Waals surface area contributed by atoms with Crippen LogP contribution in [-0.2, 0) is 77.0 Å². The number of thiophene rings is 6. The fourth-order valence-electron chi connectivity index (χ4n) is 14.9. The third-order valence-corrected chi connectivity index (χ3v) is 35.4. The molecular formula is C96H120N6S12. The third kappa shape index (κ3) is 26.0. The Kier molecular flexibility index (Phi) is 36.4. The van der Waals surface area contributed by atoms with E-state index in [2.05, 4.69) is 151 Å². The van der Waals surface area contributed by atoms with E-state index >= 15 is 0 Å². The number of fused-ring (bicyclic) bond motifs is 9. The SMILES string of the molecule is CCCCCCc1ccc(CCSc2cc3nc4c5nc6cc(SCCc7ccc(CCCCCC)s7)c(SCCc7ccc(CCCCCC)s7)cc6nc5c5nc6cc(SCCc7ccc(CCCCCC)s7)c(SCCc7ccc(CCCCCC)s7)cc6nc5c4nc3cc2SCCc2ccc(CCCCCC)s2)s1. The molecule has 0 atom stereocenters. The molecule has 9 heterocycles. The van der Waals surface area contributed by atoms with E-state index in [9.17, 15) is 0 Å². The monoisotopic (exact) mass is 1740 g/mol. The van der Waals surface area contributed by atoms with Crippen molar-refractivity contribution in [2.45, 2.75) is 302 Å². The van der Waals surface area contributed by atoms with Crippen molar-refractivity contribution in [3.05, 3.63) is 168 Å². The van der Waals surface area contributed by atoms with Gasteiger partial charge in [-0.25, -0.2) is 29.9 Å². The van der Waals surface area contributed by atoms with Crippen LogP contribution in [0.4, 0.5) is 0 Å². The van der Waals surface area contributed by atoms with Crippen LogP contribution in [0.3, 0.4) is 0 Å². The molecule has 0 unspecified atom stereocenters. The molecule has 0 aliphatic heterocycles. The molecule has 0 amide bonds. The zero-order valence-corrected chi connectivity index (χ0v) is 78.5. The van der Waals surface area contributed by atoms with Crippen LogP contribution in [0.25, 0.3) is 66.2 Å². The van der Waals surface area contributed by atoms with Gasteiger partial charge in [0.15, 0.2) is 0 Å². The van der Waals surface area contributed by atoms with E-state index < -0.39 is 0 Å². The molecule has 0 saturated carbocycles. The second kappa shape index (κ2) is 47.3. The van der Waals surface area contributed by atoms with Gasteiger partial charge in [0.1, 0.15) is 33.1 Å². The highest BCUT2D eigenvalue weighted by atomic mass is 32.2. The molecule has 0 radical (unpaired) electrons. The quantitative estimate of drug-likeness (QED) is 0.0158. The Bertz CT molecular complexity index is 4270. The van der Waals surface area contributed by atoms with Gasteiger partial charge in [0.25, 0.3) is 0 Å². The number of rotatable bonds is 54. The van der Waals surface area contributed by atoms with Crippen molar-refractivity contribution in [1.82, 2.24) is 29.9 Å². The largest absolute Gasteiger partial charge is 0.242 e. The lowest BCUT2D eigenvalue weighted by molar-refractivity contribution is 0.670. The molecule has 0 bridgehead atoms. The number of benzene rings is 4. The Morgan fingerprint density at radius 3 is 0.465 bits per heavy atom. The maximum absolute atomic E-state index is 5.82. The fourth-order valence-corrected chi connectivity index (χ4v) is 28.8. The second-order valence-electron chi connectivity index (χ2n) is 30.8. The zero-order valence-electron chi connectivity index (χ0n) is 68.7. The molecule has 9 aromatic heterocycles. The highest BCUT2D eigenvalue weighted by Gasteiger charge is 2.24. The Morgan fingerprint density at radius 1 is 0.184 bits per heavy atom. The van der Waals surface area contributed by atoms with E-state index in [0.717, 1.165) is 139 Å². The fraction of sp³-hybridized carbons (Fsp3) is 0.500. The van der Waals surface area contributed by atoms with E-state index in [1.165, 1.54) is 281 Å². The van der Waals surface area contributed by atoms with Gasteiger partial charge in [-0.05, 0) is 225 Å². The lowest BCUT2D eigenvalue weighted by atomic mass is 10.1. The van der Waals surface area contributed by atoms with Gasteiger partial charge in [-0.3, -0.25) is 0 Å². The molecule has 0 aliphatic rings. The van der Waals surface area contributed by atoms with Gasteiger partial charge in [0, 0.05) is 122 Å². The van der Waals surface area contributed by atoms with Crippen molar-refractivity contribution in [2.24, 2.45) is 0 Å². The van der Waals surface area contributed by atoms with Gasteiger partial charge >= 0.3 is 0 Å². The van der Waals surface area contributed by atoms with Gasteiger partial charge in [0.2, 0.25) is 0 Å². The molecule has 18 heteroatoms. The molecular weight excluding hydrogens is 1620 g/mol. The summed E-state index contributed by atoms with van der Waals surface area (Å²) in [7, 11) is 0. The predicted molar refractivity (Wildman–Crippen MR) is 518 cm³/mol. The normalized spacial score (nSPS) is 12.1. The van der Waals surface area contributed by atoms with Crippen LogP contribution in [0, 0.1) is 0 Å². The van der Waals surface area contributed by atoms with Crippen LogP contribution in [0.5, 0.6) is 0 Å². The molecule has 0 N–H and O–H groups in total. The first-order valence-corrected chi connectivity index (χ1v) is 54.3. The molecule has 4 aromatic carbocycles. The minimum Gasteiger partial charge on any atom is -0.242 e. The minimum absolute atomic E-state index is 0.731. The standard InChI is InChI=1S/C96H120N6S12/c1-7-13-19-25-31-67-37-43-73(109-67)49-55-103-85-61-79-80(62-86(85)104-56-50-74-44-38-68(110-74)32-26-20-14-8-2)98-92-91(97-79)93-95(101-82-64-88(106-58-52-76-46-40-70(112-76)34-28-22-16-10-4)87(63-81(82)99-93)105-57-51-75-45-39-69(111-75)33-27-21-15-9-3)96-94(92)100-83-65-89(107-59-53-77-47-41-71(113-77)35-29-23-17-11-5)90(66-84(83)102-96)108-60-54-78-48-42-72(114-78)36-30-24-18-12-6/h37-48,61-66H,7-36,49-60H2,1-6H3. The van der Waals surface area contributed by atoms with Gasteiger partial charge < -0.3 is 0 Å². The molecule has 13 aromatic rings. The Labute approximate surface area is 731 Å². The number of thioether (sulfide) groups is 6. The average molecular weight is 1740 g/mol. The van der Waals surface area contributed by atoms with Crippen LogP contribution in [0.2, 0.25) is 0 Å². The van der Waals surface area contributed by atoms with Crippen molar-refractivity contribution in [3.8, 4) is 0 Å². The minimum atomic E-state index is 0.731. The summed E-state index contributed by atoms with van der Waals surface area (Å²) in [6.45, 7) is 13.8. The second-order valence-corrected chi connectivity index (χ2v) is 45.1. The highest BCUT2D eigenvalue weighted by Crippen LogP contribution is 2.43. The first-order valence-electron chi connectivity index (χ1n) is 43.5. The number of aromatic nitrogens is 6. The van der Waals surface area contributed by atoms with Crippen molar-refractivity contribution < 1.29 is 0 Å². The van der Waals surface area contributed by atoms with Gasteiger partial charge in [0.05, 0.1) is 33.1 Å². The summed E-state index contributed by atoms with van der Waals surface area (Å²) in [4.78, 5) is 60.5. The zero-order chi connectivity index (χ0) is 78.5. The van der Waals surface area contributed by atoms with Crippen LogP contribution < -0.4 is 0 Å². The van der Waals surface area contributed by atoms with Crippen LogP contribution in [0.15, 0.2) is 139 Å². The van der Waals surface area contributed by atoms with Crippen molar-refractivity contribution >= 4 is 205 Å².